The van der Waals surface area contributed by atoms with Crippen molar-refractivity contribution in [1.82, 2.24) is 14.3 Å². The van der Waals surface area contributed by atoms with Gasteiger partial charge >= 0.3 is 11.7 Å². The molecule has 100 valence electrons. The van der Waals surface area contributed by atoms with Crippen LogP contribution >= 0.6 is 12.2 Å². The highest BCUT2D eigenvalue weighted by atomic mass is 32.1. The van der Waals surface area contributed by atoms with E-state index in [2.05, 4.69) is 5.10 Å². The molecule has 0 atom stereocenters. The minimum absolute atomic E-state index is 0.0437. The standard InChI is InChI=1S/C12H13N3O3S/c1-3-17-10-13-15(11(16)14(10)2)12(19)18-9-7-5-4-6-8-9/h4-8H,3H2,1-2H3. The molecule has 0 amide bonds. The van der Waals surface area contributed by atoms with Gasteiger partial charge in [0.05, 0.1) is 6.61 Å². The van der Waals surface area contributed by atoms with Crippen molar-refractivity contribution in [3.8, 4) is 11.8 Å². The summed E-state index contributed by atoms with van der Waals surface area (Å²) in [5.41, 5.74) is -0.413. The highest BCUT2D eigenvalue weighted by Crippen LogP contribution is 2.09. The van der Waals surface area contributed by atoms with Gasteiger partial charge in [-0.25, -0.2) is 9.36 Å². The molecule has 6 nitrogen and oxygen atoms in total. The summed E-state index contributed by atoms with van der Waals surface area (Å²) in [7, 11) is 1.56. The number of ether oxygens (including phenoxy) is 2. The van der Waals surface area contributed by atoms with E-state index in [0.717, 1.165) is 4.68 Å². The number of para-hydroxylation sites is 1. The quantitative estimate of drug-likeness (QED) is 0.790. The largest absolute Gasteiger partial charge is 0.464 e. The van der Waals surface area contributed by atoms with Crippen LogP contribution < -0.4 is 15.2 Å². The lowest BCUT2D eigenvalue weighted by molar-refractivity contribution is 0.299. The molecular formula is C12H13N3O3S. The predicted molar refractivity (Wildman–Crippen MR) is 73.7 cm³/mol. The van der Waals surface area contributed by atoms with Crippen molar-refractivity contribution in [2.45, 2.75) is 6.92 Å². The van der Waals surface area contributed by atoms with E-state index in [-0.39, 0.29) is 11.2 Å². The first kappa shape index (κ1) is 13.3. The van der Waals surface area contributed by atoms with Crippen molar-refractivity contribution >= 4 is 17.4 Å². The summed E-state index contributed by atoms with van der Waals surface area (Å²) < 4.78 is 12.9. The third-order valence-corrected chi connectivity index (χ3v) is 2.59. The van der Waals surface area contributed by atoms with Gasteiger partial charge in [-0.3, -0.25) is 0 Å². The molecule has 0 saturated carbocycles. The molecule has 1 heterocycles. The van der Waals surface area contributed by atoms with E-state index < -0.39 is 5.69 Å². The molecule has 19 heavy (non-hydrogen) atoms. The van der Waals surface area contributed by atoms with E-state index in [0.29, 0.717) is 12.4 Å². The topological polar surface area (TPSA) is 58.3 Å². The lowest BCUT2D eigenvalue weighted by Gasteiger charge is -2.04. The van der Waals surface area contributed by atoms with Crippen molar-refractivity contribution in [2.75, 3.05) is 6.61 Å². The van der Waals surface area contributed by atoms with Crippen LogP contribution in [0, 0.1) is 0 Å². The van der Waals surface area contributed by atoms with Gasteiger partial charge in [0.25, 0.3) is 5.17 Å². The van der Waals surface area contributed by atoms with Crippen LogP contribution in [0.2, 0.25) is 0 Å². The van der Waals surface area contributed by atoms with E-state index in [9.17, 15) is 4.79 Å². The minimum atomic E-state index is -0.413. The van der Waals surface area contributed by atoms with Crippen LogP contribution in [0.5, 0.6) is 11.8 Å². The lowest BCUT2D eigenvalue weighted by Crippen LogP contribution is -2.31. The zero-order valence-corrected chi connectivity index (χ0v) is 11.4. The average molecular weight is 279 g/mol. The molecule has 0 unspecified atom stereocenters. The number of aromatic nitrogens is 3. The SMILES string of the molecule is CCOc1nn(C(=S)Oc2ccccc2)c(=O)n1C. The summed E-state index contributed by atoms with van der Waals surface area (Å²) >= 11 is 5.06. The first-order valence-electron chi connectivity index (χ1n) is 5.69. The number of hydrogen-bond acceptors (Lipinski definition) is 5. The molecule has 0 spiro atoms. The van der Waals surface area contributed by atoms with Crippen molar-refractivity contribution < 1.29 is 9.47 Å². The zero-order valence-electron chi connectivity index (χ0n) is 10.6. The van der Waals surface area contributed by atoms with Crippen LogP contribution in [-0.2, 0) is 7.05 Å². The van der Waals surface area contributed by atoms with E-state index in [4.69, 9.17) is 21.7 Å². The van der Waals surface area contributed by atoms with Gasteiger partial charge in [-0.1, -0.05) is 18.2 Å². The summed E-state index contributed by atoms with van der Waals surface area (Å²) in [5.74, 6) is 0.544. The van der Waals surface area contributed by atoms with Crippen molar-refractivity contribution in [3.63, 3.8) is 0 Å². The van der Waals surface area contributed by atoms with Crippen LogP contribution in [0.3, 0.4) is 0 Å². The van der Waals surface area contributed by atoms with Gasteiger partial charge in [0, 0.05) is 7.05 Å². The maximum Gasteiger partial charge on any atom is 0.356 e. The average Bonchev–Trinajstić information content (AvgIpc) is 2.69. The molecule has 0 bridgehead atoms. The van der Waals surface area contributed by atoms with Gasteiger partial charge in [0.2, 0.25) is 0 Å². The first-order chi connectivity index (χ1) is 9.13. The fourth-order valence-corrected chi connectivity index (χ4v) is 1.64. The van der Waals surface area contributed by atoms with E-state index in [1.54, 1.807) is 19.2 Å². The summed E-state index contributed by atoms with van der Waals surface area (Å²) in [6.07, 6.45) is 0. The van der Waals surface area contributed by atoms with Gasteiger partial charge in [0.1, 0.15) is 5.75 Å². The number of rotatable bonds is 3. The number of nitrogens with zero attached hydrogens (tertiary/aromatic N) is 3. The Hall–Kier alpha value is -2.15. The van der Waals surface area contributed by atoms with Crippen LogP contribution in [0.25, 0.3) is 0 Å². The Balaban J connectivity index is 2.25. The molecule has 1 aromatic heterocycles. The van der Waals surface area contributed by atoms with Crippen molar-refractivity contribution in [1.29, 1.82) is 0 Å². The van der Waals surface area contributed by atoms with Crippen LogP contribution in [0.1, 0.15) is 6.92 Å². The van der Waals surface area contributed by atoms with Crippen molar-refractivity contribution in [3.05, 3.63) is 40.8 Å². The van der Waals surface area contributed by atoms with E-state index >= 15 is 0 Å². The maximum atomic E-state index is 11.9. The highest BCUT2D eigenvalue weighted by Gasteiger charge is 2.15. The second kappa shape index (κ2) is 5.66. The Morgan fingerprint density at radius 3 is 2.68 bits per heavy atom. The summed E-state index contributed by atoms with van der Waals surface area (Å²) in [4.78, 5) is 11.9. The molecule has 7 heteroatoms. The Labute approximate surface area is 115 Å². The fraction of sp³-hybridized carbons (Fsp3) is 0.250. The van der Waals surface area contributed by atoms with Crippen LogP contribution in [-0.4, -0.2) is 26.1 Å². The fourth-order valence-electron chi connectivity index (χ4n) is 1.43. The Bertz CT molecular complexity index is 633. The minimum Gasteiger partial charge on any atom is -0.464 e. The monoisotopic (exact) mass is 279 g/mol. The van der Waals surface area contributed by atoms with Gasteiger partial charge in [-0.2, -0.15) is 0 Å². The molecule has 0 aliphatic carbocycles. The Morgan fingerprint density at radius 2 is 2.05 bits per heavy atom. The molecule has 0 saturated heterocycles. The molecule has 0 N–H and O–H groups in total. The maximum absolute atomic E-state index is 11.9. The summed E-state index contributed by atoms with van der Waals surface area (Å²) in [6.45, 7) is 2.22. The van der Waals surface area contributed by atoms with Gasteiger partial charge in [-0.15, -0.1) is 9.78 Å². The molecule has 0 aliphatic heterocycles. The molecule has 0 aliphatic rings. The second-order valence-electron chi connectivity index (χ2n) is 3.65. The first-order valence-corrected chi connectivity index (χ1v) is 6.10. The van der Waals surface area contributed by atoms with E-state index in [1.807, 2.05) is 25.1 Å². The Morgan fingerprint density at radius 1 is 1.37 bits per heavy atom. The highest BCUT2D eigenvalue weighted by molar-refractivity contribution is 7.80. The van der Waals surface area contributed by atoms with Crippen LogP contribution in [0.15, 0.2) is 35.1 Å². The van der Waals surface area contributed by atoms with Gasteiger partial charge in [-0.05, 0) is 31.3 Å². The molecule has 0 fully saturated rings. The molecule has 2 rings (SSSR count). The van der Waals surface area contributed by atoms with Gasteiger partial charge < -0.3 is 9.47 Å². The number of benzene rings is 1. The molecule has 0 radical (unpaired) electrons. The van der Waals surface area contributed by atoms with E-state index in [1.165, 1.54) is 4.57 Å². The van der Waals surface area contributed by atoms with Gasteiger partial charge in [0.15, 0.2) is 0 Å². The lowest BCUT2D eigenvalue weighted by atomic mass is 10.3. The summed E-state index contributed by atoms with van der Waals surface area (Å²) in [6, 6.07) is 9.16. The third-order valence-electron chi connectivity index (χ3n) is 2.34. The second-order valence-corrected chi connectivity index (χ2v) is 4.00. The molecular weight excluding hydrogens is 266 g/mol. The smallest absolute Gasteiger partial charge is 0.356 e. The molecule has 1 aromatic carbocycles. The van der Waals surface area contributed by atoms with Crippen LogP contribution in [0.4, 0.5) is 0 Å². The predicted octanol–water partition coefficient (Wildman–Crippen LogP) is 1.19. The summed E-state index contributed by atoms with van der Waals surface area (Å²) in [5, 5.41) is 3.93. The third kappa shape index (κ3) is 2.82. The Kier molecular flexibility index (Phi) is 3.96. The normalized spacial score (nSPS) is 10.2. The zero-order chi connectivity index (χ0) is 13.8. The molecule has 2 aromatic rings. The number of thiocarbonyl (C=S) groups is 1. The number of hydrogen-bond donors (Lipinski definition) is 0. The van der Waals surface area contributed by atoms with Crippen molar-refractivity contribution in [2.24, 2.45) is 7.05 Å².